The van der Waals surface area contributed by atoms with E-state index in [2.05, 4.69) is 44.0 Å². The first-order valence-corrected chi connectivity index (χ1v) is 8.91. The quantitative estimate of drug-likeness (QED) is 0.902. The number of anilines is 1. The fourth-order valence-electron chi connectivity index (χ4n) is 3.55. The van der Waals surface area contributed by atoms with Gasteiger partial charge in [0.15, 0.2) is 0 Å². The number of hydrogen-bond donors (Lipinski definition) is 1. The molecule has 3 heterocycles. The lowest BCUT2D eigenvalue weighted by atomic mass is 10.2. The summed E-state index contributed by atoms with van der Waals surface area (Å²) < 4.78 is 1.07. The van der Waals surface area contributed by atoms with Crippen molar-refractivity contribution in [3.8, 4) is 0 Å². The number of halogens is 1. The van der Waals surface area contributed by atoms with Crippen molar-refractivity contribution in [1.82, 2.24) is 15.2 Å². The van der Waals surface area contributed by atoms with E-state index in [-0.39, 0.29) is 0 Å². The van der Waals surface area contributed by atoms with Crippen LogP contribution in [0.2, 0.25) is 0 Å². The molecule has 2 aliphatic heterocycles. The smallest absolute Gasteiger partial charge is 0.133 e. The summed E-state index contributed by atoms with van der Waals surface area (Å²) in [5.74, 6) is 1.17. The molecular formula is C16H25BrN4. The predicted octanol–water partition coefficient (Wildman–Crippen LogP) is 2.63. The monoisotopic (exact) mass is 352 g/mol. The highest BCUT2D eigenvalue weighted by Gasteiger charge is 2.29. The minimum atomic E-state index is 0.727. The van der Waals surface area contributed by atoms with Gasteiger partial charge in [-0.1, -0.05) is 6.92 Å². The molecule has 1 atom stereocenters. The van der Waals surface area contributed by atoms with E-state index in [1.165, 1.54) is 43.7 Å². The van der Waals surface area contributed by atoms with Crippen molar-refractivity contribution in [2.24, 2.45) is 0 Å². The van der Waals surface area contributed by atoms with Crippen molar-refractivity contribution in [2.45, 2.75) is 38.8 Å². The molecule has 2 saturated heterocycles. The van der Waals surface area contributed by atoms with E-state index in [1.54, 1.807) is 0 Å². The summed E-state index contributed by atoms with van der Waals surface area (Å²) in [5, 5.41) is 3.44. The first-order chi connectivity index (χ1) is 10.3. The zero-order chi connectivity index (χ0) is 14.7. The standard InChI is InChI=1S/C16H25BrN4/c1-2-18-10-13-9-14(17)11-19-16(13)21-8-4-7-20-6-3-5-15(20)12-21/h9,11,15,18H,2-8,10,12H2,1H3. The molecule has 0 spiro atoms. The molecule has 0 aromatic carbocycles. The van der Waals surface area contributed by atoms with Crippen LogP contribution in [0.5, 0.6) is 0 Å². The molecule has 0 radical (unpaired) electrons. The minimum Gasteiger partial charge on any atom is -0.355 e. The first-order valence-electron chi connectivity index (χ1n) is 8.12. The molecule has 1 N–H and O–H groups in total. The van der Waals surface area contributed by atoms with Gasteiger partial charge in [-0.3, -0.25) is 4.90 Å². The van der Waals surface area contributed by atoms with Crippen molar-refractivity contribution in [3.05, 3.63) is 22.3 Å². The minimum absolute atomic E-state index is 0.727. The Balaban J connectivity index is 1.81. The Kier molecular flexibility index (Phi) is 5.14. The number of hydrogen-bond acceptors (Lipinski definition) is 4. The Morgan fingerprint density at radius 3 is 3.05 bits per heavy atom. The van der Waals surface area contributed by atoms with Crippen LogP contribution in [0, 0.1) is 0 Å². The molecule has 3 rings (SSSR count). The molecule has 2 fully saturated rings. The zero-order valence-electron chi connectivity index (χ0n) is 12.8. The van der Waals surface area contributed by atoms with Crippen molar-refractivity contribution >= 4 is 21.7 Å². The molecule has 2 aliphatic rings. The second kappa shape index (κ2) is 7.07. The maximum atomic E-state index is 4.73. The number of nitrogens with zero attached hydrogens (tertiary/aromatic N) is 3. The topological polar surface area (TPSA) is 31.4 Å². The maximum absolute atomic E-state index is 4.73. The molecule has 4 nitrogen and oxygen atoms in total. The molecule has 0 saturated carbocycles. The van der Waals surface area contributed by atoms with Crippen molar-refractivity contribution < 1.29 is 0 Å². The number of rotatable bonds is 4. The Hall–Kier alpha value is -0.650. The second-order valence-electron chi connectivity index (χ2n) is 6.05. The summed E-state index contributed by atoms with van der Waals surface area (Å²) in [5.41, 5.74) is 1.30. The summed E-state index contributed by atoms with van der Waals surface area (Å²) in [7, 11) is 0. The van der Waals surface area contributed by atoms with Crippen LogP contribution in [-0.4, -0.2) is 48.6 Å². The van der Waals surface area contributed by atoms with Gasteiger partial charge in [0, 0.05) is 48.5 Å². The van der Waals surface area contributed by atoms with Crippen LogP contribution in [0.4, 0.5) is 5.82 Å². The summed E-state index contributed by atoms with van der Waals surface area (Å²) in [6.45, 7) is 8.82. The van der Waals surface area contributed by atoms with E-state index in [0.717, 1.165) is 36.7 Å². The summed E-state index contributed by atoms with van der Waals surface area (Å²) in [6, 6.07) is 2.94. The number of fused-ring (bicyclic) bond motifs is 1. The molecular weight excluding hydrogens is 328 g/mol. The number of pyridine rings is 1. The fourth-order valence-corrected chi connectivity index (χ4v) is 3.93. The molecule has 21 heavy (non-hydrogen) atoms. The first kappa shape index (κ1) is 15.3. The van der Waals surface area contributed by atoms with Crippen LogP contribution < -0.4 is 10.2 Å². The molecule has 0 bridgehead atoms. The fraction of sp³-hybridized carbons (Fsp3) is 0.688. The van der Waals surface area contributed by atoms with Gasteiger partial charge in [0.2, 0.25) is 0 Å². The molecule has 1 unspecified atom stereocenters. The van der Waals surface area contributed by atoms with Gasteiger partial charge in [0.1, 0.15) is 5.82 Å². The lowest BCUT2D eigenvalue weighted by Crippen LogP contribution is -2.37. The van der Waals surface area contributed by atoms with Gasteiger partial charge in [0.25, 0.3) is 0 Å². The highest BCUT2D eigenvalue weighted by Crippen LogP contribution is 2.27. The summed E-state index contributed by atoms with van der Waals surface area (Å²) in [6.07, 6.45) is 5.88. The molecule has 0 amide bonds. The van der Waals surface area contributed by atoms with E-state index in [0.29, 0.717) is 0 Å². The highest BCUT2D eigenvalue weighted by atomic mass is 79.9. The van der Waals surface area contributed by atoms with E-state index in [9.17, 15) is 0 Å². The Morgan fingerprint density at radius 2 is 2.19 bits per heavy atom. The van der Waals surface area contributed by atoms with Crippen molar-refractivity contribution in [2.75, 3.05) is 37.6 Å². The molecule has 5 heteroatoms. The molecule has 116 valence electrons. The Bertz CT molecular complexity index is 479. The van der Waals surface area contributed by atoms with E-state index >= 15 is 0 Å². The largest absolute Gasteiger partial charge is 0.355 e. The van der Waals surface area contributed by atoms with Crippen LogP contribution in [0.25, 0.3) is 0 Å². The van der Waals surface area contributed by atoms with Gasteiger partial charge in [-0.2, -0.15) is 0 Å². The summed E-state index contributed by atoms with van der Waals surface area (Å²) >= 11 is 3.56. The SMILES string of the molecule is CCNCc1cc(Br)cnc1N1CCCN2CCCC2C1. The van der Waals surface area contributed by atoms with Crippen molar-refractivity contribution in [3.63, 3.8) is 0 Å². The molecule has 1 aromatic rings. The highest BCUT2D eigenvalue weighted by molar-refractivity contribution is 9.10. The number of nitrogens with one attached hydrogen (secondary N) is 1. The second-order valence-corrected chi connectivity index (χ2v) is 6.96. The molecule has 1 aromatic heterocycles. The van der Waals surface area contributed by atoms with Gasteiger partial charge >= 0.3 is 0 Å². The number of aromatic nitrogens is 1. The zero-order valence-corrected chi connectivity index (χ0v) is 14.4. The Morgan fingerprint density at radius 1 is 1.33 bits per heavy atom. The van der Waals surface area contributed by atoms with Gasteiger partial charge in [-0.25, -0.2) is 4.98 Å². The van der Waals surface area contributed by atoms with E-state index in [1.807, 2.05) is 6.20 Å². The third-order valence-electron chi connectivity index (χ3n) is 4.58. The van der Waals surface area contributed by atoms with Gasteiger partial charge < -0.3 is 10.2 Å². The van der Waals surface area contributed by atoms with Crippen LogP contribution in [0.3, 0.4) is 0 Å². The normalized spacial score (nSPS) is 23.1. The third kappa shape index (κ3) is 3.58. The maximum Gasteiger partial charge on any atom is 0.133 e. The van der Waals surface area contributed by atoms with Gasteiger partial charge in [-0.05, 0) is 54.3 Å². The van der Waals surface area contributed by atoms with E-state index in [4.69, 9.17) is 4.98 Å². The lowest BCUT2D eigenvalue weighted by Gasteiger charge is -2.28. The van der Waals surface area contributed by atoms with Gasteiger partial charge in [0.05, 0.1) is 0 Å². The van der Waals surface area contributed by atoms with Crippen LogP contribution in [-0.2, 0) is 6.54 Å². The van der Waals surface area contributed by atoms with E-state index < -0.39 is 0 Å². The van der Waals surface area contributed by atoms with Gasteiger partial charge in [-0.15, -0.1) is 0 Å². The summed E-state index contributed by atoms with van der Waals surface area (Å²) in [4.78, 5) is 9.91. The lowest BCUT2D eigenvalue weighted by molar-refractivity contribution is 0.273. The molecule has 0 aliphatic carbocycles. The average Bonchev–Trinajstić information content (AvgIpc) is 2.82. The van der Waals surface area contributed by atoms with Crippen molar-refractivity contribution in [1.29, 1.82) is 0 Å². The van der Waals surface area contributed by atoms with Crippen LogP contribution in [0.1, 0.15) is 31.7 Å². The average molecular weight is 353 g/mol. The van der Waals surface area contributed by atoms with Crippen LogP contribution in [0.15, 0.2) is 16.7 Å². The predicted molar refractivity (Wildman–Crippen MR) is 90.7 cm³/mol. The van der Waals surface area contributed by atoms with Crippen LogP contribution >= 0.6 is 15.9 Å². The Labute approximate surface area is 136 Å². The third-order valence-corrected chi connectivity index (χ3v) is 5.01.